The molecule has 0 spiro atoms. The van der Waals surface area contributed by atoms with Gasteiger partial charge >= 0.3 is 0 Å². The number of primary sulfonamides is 1. The summed E-state index contributed by atoms with van der Waals surface area (Å²) < 4.78 is 23.2. The van der Waals surface area contributed by atoms with Gasteiger partial charge in [-0.1, -0.05) is 12.5 Å². The summed E-state index contributed by atoms with van der Waals surface area (Å²) in [5, 5.41) is 5.16. The standard InChI is InChI=1S/C18H21N3O4S2/c1-11-7-8-13(10-16(11)27(19,24)25)17(22)20-21-18(23)15-9-12-5-3-2-4-6-14(12)26-15/h7-10H,2-6H2,1H3,(H,20,22)(H,21,23)(H2,19,24,25). The third-order valence-corrected chi connectivity index (χ3v) is 6.81. The number of nitrogens with one attached hydrogen (secondary N) is 2. The molecular formula is C18H21N3O4S2. The van der Waals surface area contributed by atoms with Crippen LogP contribution in [0.15, 0.2) is 29.2 Å². The predicted molar refractivity (Wildman–Crippen MR) is 103 cm³/mol. The number of aryl methyl sites for hydroxylation is 3. The van der Waals surface area contributed by atoms with Crippen molar-refractivity contribution in [3.63, 3.8) is 0 Å². The second kappa shape index (κ2) is 7.79. The number of hydrogen-bond donors (Lipinski definition) is 3. The first-order chi connectivity index (χ1) is 12.8. The summed E-state index contributed by atoms with van der Waals surface area (Å²) in [6.45, 7) is 1.59. The minimum atomic E-state index is -3.93. The van der Waals surface area contributed by atoms with Gasteiger partial charge in [0.05, 0.1) is 9.77 Å². The van der Waals surface area contributed by atoms with Crippen LogP contribution in [0.2, 0.25) is 0 Å². The average molecular weight is 408 g/mol. The maximum absolute atomic E-state index is 12.3. The molecule has 0 fully saturated rings. The lowest BCUT2D eigenvalue weighted by Gasteiger charge is -2.09. The quantitative estimate of drug-likeness (QED) is 0.533. The van der Waals surface area contributed by atoms with Crippen LogP contribution in [-0.2, 0) is 22.9 Å². The Morgan fingerprint density at radius 2 is 1.74 bits per heavy atom. The van der Waals surface area contributed by atoms with Crippen molar-refractivity contribution >= 4 is 33.2 Å². The number of carbonyl (C=O) groups excluding carboxylic acids is 2. The minimum absolute atomic E-state index is 0.0897. The SMILES string of the molecule is Cc1ccc(C(=O)NNC(=O)c2cc3c(s2)CCCCC3)cc1S(N)(=O)=O. The third-order valence-electron chi connectivity index (χ3n) is 4.52. The summed E-state index contributed by atoms with van der Waals surface area (Å²) in [7, 11) is -3.93. The molecule has 3 rings (SSSR count). The zero-order valence-corrected chi connectivity index (χ0v) is 16.5. The van der Waals surface area contributed by atoms with E-state index in [-0.39, 0.29) is 16.4 Å². The molecule has 0 unspecified atom stereocenters. The molecule has 1 aromatic carbocycles. The fourth-order valence-corrected chi connectivity index (χ4v) is 5.03. The summed E-state index contributed by atoms with van der Waals surface area (Å²) in [6, 6.07) is 6.04. The van der Waals surface area contributed by atoms with Gasteiger partial charge in [-0.15, -0.1) is 11.3 Å². The molecule has 0 aliphatic heterocycles. The normalized spacial score (nSPS) is 14.1. The average Bonchev–Trinajstić information content (AvgIpc) is 2.89. The molecule has 1 aliphatic carbocycles. The smallest absolute Gasteiger partial charge is 0.267 e. The number of nitrogens with two attached hydrogens (primary N) is 1. The van der Waals surface area contributed by atoms with Crippen LogP contribution in [0.3, 0.4) is 0 Å². The number of carbonyl (C=O) groups is 2. The first-order valence-corrected chi connectivity index (χ1v) is 11.0. The van der Waals surface area contributed by atoms with Crippen LogP contribution in [0.25, 0.3) is 0 Å². The van der Waals surface area contributed by atoms with E-state index < -0.39 is 15.9 Å². The zero-order chi connectivity index (χ0) is 19.6. The molecule has 0 saturated heterocycles. The van der Waals surface area contributed by atoms with Crippen molar-refractivity contribution in [3.05, 3.63) is 50.7 Å². The largest absolute Gasteiger partial charge is 0.279 e. The number of fused-ring (bicyclic) bond motifs is 1. The van der Waals surface area contributed by atoms with Crippen molar-refractivity contribution in [3.8, 4) is 0 Å². The Morgan fingerprint density at radius 3 is 2.48 bits per heavy atom. The van der Waals surface area contributed by atoms with Crippen LogP contribution < -0.4 is 16.0 Å². The summed E-state index contributed by atoms with van der Waals surface area (Å²) in [5.74, 6) is -1.01. The van der Waals surface area contributed by atoms with Crippen molar-refractivity contribution in [2.75, 3.05) is 0 Å². The molecule has 0 radical (unpaired) electrons. The van der Waals surface area contributed by atoms with Crippen molar-refractivity contribution in [2.45, 2.75) is 43.9 Å². The summed E-state index contributed by atoms with van der Waals surface area (Å²) in [5.41, 5.74) is 6.45. The lowest BCUT2D eigenvalue weighted by Crippen LogP contribution is -2.41. The lowest BCUT2D eigenvalue weighted by atomic mass is 10.1. The van der Waals surface area contributed by atoms with E-state index in [0.717, 1.165) is 25.7 Å². The molecule has 0 bridgehead atoms. The van der Waals surface area contributed by atoms with Crippen LogP contribution in [-0.4, -0.2) is 20.2 Å². The predicted octanol–water partition coefficient (Wildman–Crippen LogP) is 2.05. The van der Waals surface area contributed by atoms with Crippen molar-refractivity contribution in [1.82, 2.24) is 10.9 Å². The van der Waals surface area contributed by atoms with Gasteiger partial charge < -0.3 is 0 Å². The molecule has 0 saturated carbocycles. The van der Waals surface area contributed by atoms with Crippen LogP contribution in [0.1, 0.15) is 55.3 Å². The highest BCUT2D eigenvalue weighted by molar-refractivity contribution is 7.89. The summed E-state index contributed by atoms with van der Waals surface area (Å²) in [4.78, 5) is 26.3. The van der Waals surface area contributed by atoms with Crippen molar-refractivity contribution in [2.24, 2.45) is 5.14 Å². The van der Waals surface area contributed by atoms with E-state index in [2.05, 4.69) is 10.9 Å². The molecule has 144 valence electrons. The maximum atomic E-state index is 12.3. The number of hydrazine groups is 1. The van der Waals surface area contributed by atoms with Gasteiger partial charge in [0.15, 0.2) is 0 Å². The van der Waals surface area contributed by atoms with Crippen molar-refractivity contribution < 1.29 is 18.0 Å². The van der Waals surface area contributed by atoms with Gasteiger partial charge in [0.2, 0.25) is 10.0 Å². The van der Waals surface area contributed by atoms with Gasteiger partial charge in [-0.2, -0.15) is 0 Å². The molecule has 9 heteroatoms. The molecule has 27 heavy (non-hydrogen) atoms. The number of hydrogen-bond acceptors (Lipinski definition) is 5. The highest BCUT2D eigenvalue weighted by Gasteiger charge is 2.18. The molecule has 2 aromatic rings. The molecule has 4 N–H and O–H groups in total. The molecule has 1 aliphatic rings. The van der Waals surface area contributed by atoms with E-state index in [1.807, 2.05) is 6.07 Å². The van der Waals surface area contributed by atoms with Crippen LogP contribution >= 0.6 is 11.3 Å². The molecule has 7 nitrogen and oxygen atoms in total. The van der Waals surface area contributed by atoms with Crippen LogP contribution in [0.5, 0.6) is 0 Å². The third kappa shape index (κ3) is 4.55. The second-order valence-corrected chi connectivity index (χ2v) is 9.22. The highest BCUT2D eigenvalue weighted by atomic mass is 32.2. The van der Waals surface area contributed by atoms with E-state index in [4.69, 9.17) is 5.14 Å². The zero-order valence-electron chi connectivity index (χ0n) is 14.9. The lowest BCUT2D eigenvalue weighted by molar-refractivity contribution is 0.0848. The molecular weight excluding hydrogens is 386 g/mol. The number of sulfonamides is 1. The van der Waals surface area contributed by atoms with Gasteiger partial charge in [0, 0.05) is 10.4 Å². The topological polar surface area (TPSA) is 118 Å². The van der Waals surface area contributed by atoms with Gasteiger partial charge in [-0.05, 0) is 61.9 Å². The Labute approximate surface area is 162 Å². The number of thiophene rings is 1. The van der Waals surface area contributed by atoms with Crippen LogP contribution in [0.4, 0.5) is 0 Å². The fraction of sp³-hybridized carbons (Fsp3) is 0.333. The summed E-state index contributed by atoms with van der Waals surface area (Å²) in [6.07, 6.45) is 5.42. The van der Waals surface area contributed by atoms with Gasteiger partial charge in [-0.25, -0.2) is 13.6 Å². The van der Waals surface area contributed by atoms with E-state index in [9.17, 15) is 18.0 Å². The molecule has 0 atom stereocenters. The highest BCUT2D eigenvalue weighted by Crippen LogP contribution is 2.28. The minimum Gasteiger partial charge on any atom is -0.267 e. The number of amides is 2. The number of rotatable bonds is 3. The first kappa shape index (κ1) is 19.5. The van der Waals surface area contributed by atoms with Gasteiger partial charge in [-0.3, -0.25) is 20.4 Å². The van der Waals surface area contributed by atoms with Gasteiger partial charge in [0.25, 0.3) is 11.8 Å². The van der Waals surface area contributed by atoms with E-state index >= 15 is 0 Å². The van der Waals surface area contributed by atoms with Crippen LogP contribution in [0, 0.1) is 6.92 Å². The molecule has 1 heterocycles. The Balaban J connectivity index is 1.68. The summed E-state index contributed by atoms with van der Waals surface area (Å²) >= 11 is 1.45. The molecule has 1 aromatic heterocycles. The Morgan fingerprint density at radius 1 is 1.04 bits per heavy atom. The Kier molecular flexibility index (Phi) is 5.64. The maximum Gasteiger partial charge on any atom is 0.279 e. The second-order valence-electron chi connectivity index (χ2n) is 6.55. The Hall–Kier alpha value is -2.23. The first-order valence-electron chi connectivity index (χ1n) is 8.61. The molecule has 2 amide bonds. The van der Waals surface area contributed by atoms with E-state index in [1.165, 1.54) is 46.4 Å². The van der Waals surface area contributed by atoms with Gasteiger partial charge in [0.1, 0.15) is 0 Å². The number of benzene rings is 1. The van der Waals surface area contributed by atoms with E-state index in [0.29, 0.717) is 10.4 Å². The monoisotopic (exact) mass is 407 g/mol. The fourth-order valence-electron chi connectivity index (χ4n) is 3.07. The Bertz CT molecular complexity index is 973. The van der Waals surface area contributed by atoms with Crippen molar-refractivity contribution in [1.29, 1.82) is 0 Å². The van der Waals surface area contributed by atoms with E-state index in [1.54, 1.807) is 6.92 Å².